The Labute approximate surface area is 260 Å². The second-order valence-corrected chi connectivity index (χ2v) is 11.5. The molecule has 0 spiro atoms. The highest BCUT2D eigenvalue weighted by Crippen LogP contribution is 2.43. The first-order chi connectivity index (χ1) is 22.3. The van der Waals surface area contributed by atoms with Crippen molar-refractivity contribution in [1.82, 2.24) is 15.0 Å². The number of allylic oxidation sites excluding steroid dienone is 1. The van der Waals surface area contributed by atoms with Crippen molar-refractivity contribution in [2.75, 3.05) is 0 Å². The third-order valence-corrected chi connectivity index (χ3v) is 8.78. The maximum Gasteiger partial charge on any atom is 0.165 e. The van der Waals surface area contributed by atoms with Gasteiger partial charge in [0.05, 0.1) is 0 Å². The molecular weight excluding hydrogens is 550 g/mol. The summed E-state index contributed by atoms with van der Waals surface area (Å²) in [6, 6.07) is 44.2. The molecule has 6 aromatic carbocycles. The van der Waals surface area contributed by atoms with Crippen molar-refractivity contribution < 1.29 is 4.42 Å². The molecule has 0 aliphatic heterocycles. The molecule has 2 heterocycles. The van der Waals surface area contributed by atoms with Gasteiger partial charge in [-0.3, -0.25) is 0 Å². The molecule has 0 unspecified atom stereocenters. The molecule has 0 saturated heterocycles. The smallest absolute Gasteiger partial charge is 0.165 e. The lowest BCUT2D eigenvalue weighted by molar-refractivity contribution is 0.669. The third-order valence-electron chi connectivity index (χ3n) is 8.78. The number of aromatic nitrogens is 3. The van der Waals surface area contributed by atoms with Crippen LogP contribution in [0, 0.1) is 0 Å². The lowest BCUT2D eigenvalue weighted by atomic mass is 9.93. The molecule has 0 amide bonds. The summed E-state index contributed by atoms with van der Waals surface area (Å²) in [5, 5.41) is 4.42. The lowest BCUT2D eigenvalue weighted by Crippen LogP contribution is -2.02. The van der Waals surface area contributed by atoms with Crippen LogP contribution in [0.1, 0.15) is 17.5 Å². The highest BCUT2D eigenvalue weighted by molar-refractivity contribution is 6.15. The van der Waals surface area contributed by atoms with Gasteiger partial charge in [0.2, 0.25) is 0 Å². The molecule has 0 atom stereocenters. The van der Waals surface area contributed by atoms with Crippen LogP contribution in [0.25, 0.3) is 84.1 Å². The van der Waals surface area contributed by atoms with Crippen molar-refractivity contribution in [2.24, 2.45) is 0 Å². The van der Waals surface area contributed by atoms with Gasteiger partial charge >= 0.3 is 0 Å². The average Bonchev–Trinajstić information content (AvgIpc) is 3.50. The molecule has 8 aromatic rings. The van der Waals surface area contributed by atoms with Gasteiger partial charge in [-0.25, -0.2) is 15.0 Å². The normalized spacial score (nSPS) is 12.6. The number of rotatable bonds is 4. The van der Waals surface area contributed by atoms with E-state index in [-0.39, 0.29) is 0 Å². The first-order valence-corrected chi connectivity index (χ1v) is 15.3. The van der Waals surface area contributed by atoms with Gasteiger partial charge < -0.3 is 4.42 Å². The van der Waals surface area contributed by atoms with Gasteiger partial charge in [-0.1, -0.05) is 109 Å². The van der Waals surface area contributed by atoms with Crippen molar-refractivity contribution >= 4 is 38.8 Å². The number of para-hydroxylation sites is 1. The molecule has 0 radical (unpaired) electrons. The molecule has 0 saturated carbocycles. The first kappa shape index (κ1) is 25.6. The van der Waals surface area contributed by atoms with E-state index in [4.69, 9.17) is 19.4 Å². The molecule has 0 fully saturated rings. The zero-order chi connectivity index (χ0) is 29.7. The van der Waals surface area contributed by atoms with Crippen LogP contribution in [-0.2, 0) is 6.42 Å². The zero-order valence-corrected chi connectivity index (χ0v) is 24.4. The number of aryl methyl sites for hydroxylation is 1. The fourth-order valence-corrected chi connectivity index (χ4v) is 6.55. The standard InChI is InChI=1S/C41H27N3O/c1-2-12-28(13-3-1)39-42-40(32-21-19-27-11-5-7-15-30(27)25-32)44-41(43-39)38-33(31-20-18-26-10-4-6-14-29(26)24-31)22-23-36-37(38)34-16-8-9-17-35(34)45-36/h1-4,6-10,12-25H,5,11H2. The van der Waals surface area contributed by atoms with Crippen LogP contribution in [0.5, 0.6) is 0 Å². The van der Waals surface area contributed by atoms with E-state index in [0.29, 0.717) is 17.5 Å². The molecule has 1 aliphatic carbocycles. The Bertz CT molecular complexity index is 2440. The number of hydrogen-bond acceptors (Lipinski definition) is 4. The topological polar surface area (TPSA) is 51.8 Å². The summed E-state index contributed by atoms with van der Waals surface area (Å²) in [6.45, 7) is 0. The second kappa shape index (κ2) is 10.4. The SMILES string of the molecule is C1=Cc2cc(-c3nc(-c4ccccc4)nc(-c4c(-c5ccc6ccccc6c5)ccc5oc6ccccc6c45)n3)ccc2CC1. The predicted octanol–water partition coefficient (Wildman–Crippen LogP) is 10.6. The van der Waals surface area contributed by atoms with E-state index in [0.717, 1.165) is 62.6 Å². The van der Waals surface area contributed by atoms with Crippen molar-refractivity contribution in [3.05, 3.63) is 145 Å². The highest BCUT2D eigenvalue weighted by Gasteiger charge is 2.22. The van der Waals surface area contributed by atoms with E-state index in [1.807, 2.05) is 30.3 Å². The number of nitrogens with zero attached hydrogens (tertiary/aromatic N) is 3. The van der Waals surface area contributed by atoms with Crippen molar-refractivity contribution in [1.29, 1.82) is 0 Å². The molecule has 2 aromatic heterocycles. The highest BCUT2D eigenvalue weighted by atomic mass is 16.3. The van der Waals surface area contributed by atoms with E-state index in [2.05, 4.69) is 109 Å². The number of hydrogen-bond donors (Lipinski definition) is 0. The Morgan fingerprint density at radius 2 is 1.29 bits per heavy atom. The monoisotopic (exact) mass is 577 g/mol. The van der Waals surface area contributed by atoms with Gasteiger partial charge in [0.1, 0.15) is 11.2 Å². The number of fused-ring (bicyclic) bond motifs is 5. The van der Waals surface area contributed by atoms with Crippen molar-refractivity contribution in [3.8, 4) is 45.3 Å². The van der Waals surface area contributed by atoms with Gasteiger partial charge in [0.15, 0.2) is 17.5 Å². The molecular formula is C41H27N3O. The maximum atomic E-state index is 6.39. The number of furan rings is 1. The van der Waals surface area contributed by atoms with Gasteiger partial charge in [-0.2, -0.15) is 0 Å². The lowest BCUT2D eigenvalue weighted by Gasteiger charge is -2.15. The summed E-state index contributed by atoms with van der Waals surface area (Å²) in [6.07, 6.45) is 6.56. The van der Waals surface area contributed by atoms with Gasteiger partial charge in [0, 0.05) is 27.5 Å². The molecule has 1 aliphatic rings. The predicted molar refractivity (Wildman–Crippen MR) is 184 cm³/mol. The summed E-state index contributed by atoms with van der Waals surface area (Å²) in [7, 11) is 0. The minimum absolute atomic E-state index is 0.618. The van der Waals surface area contributed by atoms with Crippen LogP contribution < -0.4 is 0 Å². The van der Waals surface area contributed by atoms with E-state index in [1.54, 1.807) is 0 Å². The van der Waals surface area contributed by atoms with Crippen LogP contribution in [0.3, 0.4) is 0 Å². The molecule has 9 rings (SSSR count). The third kappa shape index (κ3) is 4.42. The van der Waals surface area contributed by atoms with Gasteiger partial charge in [-0.15, -0.1) is 0 Å². The van der Waals surface area contributed by atoms with E-state index in [9.17, 15) is 0 Å². The summed E-state index contributed by atoms with van der Waals surface area (Å²) >= 11 is 0. The largest absolute Gasteiger partial charge is 0.456 e. The average molecular weight is 578 g/mol. The van der Waals surface area contributed by atoms with Crippen LogP contribution in [0.4, 0.5) is 0 Å². The molecule has 0 bridgehead atoms. The Morgan fingerprint density at radius 3 is 2.20 bits per heavy atom. The minimum Gasteiger partial charge on any atom is -0.456 e. The second-order valence-electron chi connectivity index (χ2n) is 11.5. The van der Waals surface area contributed by atoms with E-state index >= 15 is 0 Å². The van der Waals surface area contributed by atoms with Gasteiger partial charge in [-0.05, 0) is 76.2 Å². The van der Waals surface area contributed by atoms with Crippen LogP contribution in [0.2, 0.25) is 0 Å². The van der Waals surface area contributed by atoms with Crippen LogP contribution >= 0.6 is 0 Å². The van der Waals surface area contributed by atoms with Crippen molar-refractivity contribution in [2.45, 2.75) is 12.8 Å². The van der Waals surface area contributed by atoms with Crippen LogP contribution in [0.15, 0.2) is 138 Å². The zero-order valence-electron chi connectivity index (χ0n) is 24.4. The summed E-state index contributed by atoms with van der Waals surface area (Å²) in [5.41, 5.74) is 9.21. The minimum atomic E-state index is 0.618. The summed E-state index contributed by atoms with van der Waals surface area (Å²) < 4.78 is 6.39. The Balaban J connectivity index is 1.36. The molecule has 212 valence electrons. The first-order valence-electron chi connectivity index (χ1n) is 15.3. The molecule has 4 nitrogen and oxygen atoms in total. The Morgan fingerprint density at radius 1 is 0.533 bits per heavy atom. The Kier molecular flexibility index (Phi) is 5.91. The molecule has 45 heavy (non-hydrogen) atoms. The van der Waals surface area contributed by atoms with E-state index in [1.165, 1.54) is 21.9 Å². The van der Waals surface area contributed by atoms with E-state index < -0.39 is 0 Å². The summed E-state index contributed by atoms with van der Waals surface area (Å²) in [5.74, 6) is 1.90. The van der Waals surface area contributed by atoms with Gasteiger partial charge in [0.25, 0.3) is 0 Å². The Hall–Kier alpha value is -5.87. The number of benzene rings is 6. The van der Waals surface area contributed by atoms with Crippen molar-refractivity contribution in [3.63, 3.8) is 0 Å². The van der Waals surface area contributed by atoms with Crippen LogP contribution in [-0.4, -0.2) is 15.0 Å². The quantitative estimate of drug-likeness (QED) is 0.209. The fraction of sp³-hybridized carbons (Fsp3) is 0.0488. The maximum absolute atomic E-state index is 6.39. The molecule has 0 N–H and O–H groups in total. The fourth-order valence-electron chi connectivity index (χ4n) is 6.55. The summed E-state index contributed by atoms with van der Waals surface area (Å²) in [4.78, 5) is 15.5. The molecule has 4 heteroatoms.